The summed E-state index contributed by atoms with van der Waals surface area (Å²) in [5, 5.41) is 19.2. The predicted octanol–water partition coefficient (Wildman–Crippen LogP) is 4.09. The van der Waals surface area contributed by atoms with Gasteiger partial charge in [-0.05, 0) is 49.8 Å². The zero-order chi connectivity index (χ0) is 18.6. The van der Waals surface area contributed by atoms with Crippen molar-refractivity contribution in [2.24, 2.45) is 0 Å². The molecule has 0 aromatic heterocycles. The van der Waals surface area contributed by atoms with Gasteiger partial charge < -0.3 is 9.84 Å². The molecule has 0 bridgehead atoms. The van der Waals surface area contributed by atoms with Crippen LogP contribution in [0.2, 0.25) is 5.02 Å². The monoisotopic (exact) mass is 377 g/mol. The molecule has 5 nitrogen and oxygen atoms in total. The Morgan fingerprint density at radius 3 is 2.52 bits per heavy atom. The van der Waals surface area contributed by atoms with Gasteiger partial charge in [-0.25, -0.2) is 8.42 Å². The second kappa shape index (κ2) is 7.60. The van der Waals surface area contributed by atoms with E-state index in [-0.39, 0.29) is 21.4 Å². The van der Waals surface area contributed by atoms with E-state index in [1.54, 1.807) is 25.1 Å². The summed E-state index contributed by atoms with van der Waals surface area (Å²) in [5.74, 6) is -0.119. The molecule has 0 radical (unpaired) electrons. The highest BCUT2D eigenvalue weighted by molar-refractivity contribution is 7.95. The van der Waals surface area contributed by atoms with Gasteiger partial charge in [-0.3, -0.25) is 0 Å². The first-order chi connectivity index (χ1) is 11.8. The number of allylic oxidation sites excluding steroid dienone is 1. The molecular weight excluding hydrogens is 362 g/mol. The Kier molecular flexibility index (Phi) is 5.73. The number of aromatic hydroxyl groups is 1. The number of nitriles is 1. The molecule has 2 aromatic carbocycles. The molecule has 0 aliphatic heterocycles. The van der Waals surface area contributed by atoms with Gasteiger partial charge in [-0.2, -0.15) is 5.26 Å². The number of hydrogen-bond donors (Lipinski definition) is 1. The molecule has 7 heteroatoms. The zero-order valence-electron chi connectivity index (χ0n) is 13.7. The van der Waals surface area contributed by atoms with Crippen molar-refractivity contribution in [3.05, 3.63) is 57.5 Å². The van der Waals surface area contributed by atoms with Crippen molar-refractivity contribution in [2.45, 2.75) is 18.7 Å². The van der Waals surface area contributed by atoms with E-state index in [0.29, 0.717) is 12.2 Å². The largest absolute Gasteiger partial charge is 0.503 e. The van der Waals surface area contributed by atoms with Crippen LogP contribution in [-0.4, -0.2) is 20.1 Å². The van der Waals surface area contributed by atoms with E-state index in [0.717, 1.165) is 5.56 Å². The van der Waals surface area contributed by atoms with E-state index < -0.39 is 14.7 Å². The maximum atomic E-state index is 12.6. The second-order valence-electron chi connectivity index (χ2n) is 5.22. The number of halogens is 1. The minimum Gasteiger partial charge on any atom is -0.503 e. The highest BCUT2D eigenvalue weighted by Crippen LogP contribution is 2.36. The lowest BCUT2D eigenvalue weighted by atomic mass is 10.2. The molecule has 1 N–H and O–H groups in total. The summed E-state index contributed by atoms with van der Waals surface area (Å²) in [7, 11) is -3.96. The van der Waals surface area contributed by atoms with Crippen LogP contribution in [0.1, 0.15) is 18.1 Å². The molecule has 0 saturated carbocycles. The zero-order valence-corrected chi connectivity index (χ0v) is 15.2. The van der Waals surface area contributed by atoms with E-state index in [1.807, 2.05) is 6.92 Å². The van der Waals surface area contributed by atoms with Crippen LogP contribution in [0.3, 0.4) is 0 Å². The van der Waals surface area contributed by atoms with E-state index in [9.17, 15) is 18.8 Å². The van der Waals surface area contributed by atoms with Gasteiger partial charge in [0.25, 0.3) is 0 Å². The molecule has 0 atom stereocenters. The van der Waals surface area contributed by atoms with Crippen LogP contribution in [0, 0.1) is 18.3 Å². The number of sulfone groups is 1. The lowest BCUT2D eigenvalue weighted by Crippen LogP contribution is -2.03. The molecule has 25 heavy (non-hydrogen) atoms. The summed E-state index contributed by atoms with van der Waals surface area (Å²) in [4.78, 5) is -0.402. The molecule has 0 unspecified atom stereocenters. The molecule has 0 saturated heterocycles. The van der Waals surface area contributed by atoms with Crippen LogP contribution >= 0.6 is 11.6 Å². The second-order valence-corrected chi connectivity index (χ2v) is 7.54. The number of hydrogen-bond acceptors (Lipinski definition) is 5. The highest BCUT2D eigenvalue weighted by Gasteiger charge is 2.21. The Morgan fingerprint density at radius 1 is 1.32 bits per heavy atom. The van der Waals surface area contributed by atoms with Crippen LogP contribution in [0.4, 0.5) is 0 Å². The van der Waals surface area contributed by atoms with Crippen molar-refractivity contribution in [3.8, 4) is 17.6 Å². The minimum absolute atomic E-state index is 0.00206. The van der Waals surface area contributed by atoms with Crippen molar-refractivity contribution < 1.29 is 18.3 Å². The normalized spacial score (nSPS) is 11.8. The highest BCUT2D eigenvalue weighted by atomic mass is 35.5. The predicted molar refractivity (Wildman–Crippen MR) is 96.2 cm³/mol. The molecule has 2 aromatic rings. The van der Waals surface area contributed by atoms with E-state index in [2.05, 4.69) is 0 Å². The first-order valence-electron chi connectivity index (χ1n) is 7.38. The Balaban J connectivity index is 2.54. The Hall–Kier alpha value is -2.49. The quantitative estimate of drug-likeness (QED) is 0.793. The SMILES string of the molecule is CCOc1cc(/C=C(\C#N)S(=O)(=O)c2ccc(C)cc2)cc(Cl)c1O. The topological polar surface area (TPSA) is 87.4 Å². The fraction of sp³-hybridized carbons (Fsp3) is 0.167. The Labute approximate surface area is 151 Å². The standard InChI is InChI=1S/C18H16ClNO4S/c1-3-24-17-10-13(9-16(19)18(17)21)8-15(11-20)25(22,23)14-6-4-12(2)5-7-14/h4-10,21H,3H2,1-2H3/b15-8+. The van der Waals surface area contributed by atoms with E-state index in [4.69, 9.17) is 16.3 Å². The van der Waals surface area contributed by atoms with Gasteiger partial charge in [0.05, 0.1) is 16.5 Å². The molecule has 0 aliphatic rings. The molecule has 0 amide bonds. The third kappa shape index (κ3) is 4.13. The lowest BCUT2D eigenvalue weighted by molar-refractivity contribution is 0.318. The van der Waals surface area contributed by atoms with Gasteiger partial charge >= 0.3 is 0 Å². The van der Waals surface area contributed by atoms with E-state index >= 15 is 0 Å². The maximum Gasteiger partial charge on any atom is 0.216 e. The number of rotatable bonds is 5. The number of benzene rings is 2. The van der Waals surface area contributed by atoms with Crippen LogP contribution in [0.15, 0.2) is 46.2 Å². The van der Waals surface area contributed by atoms with Crippen molar-refractivity contribution >= 4 is 27.5 Å². The number of ether oxygens (including phenoxy) is 1. The maximum absolute atomic E-state index is 12.6. The van der Waals surface area contributed by atoms with Crippen molar-refractivity contribution in [3.63, 3.8) is 0 Å². The third-order valence-corrected chi connectivity index (χ3v) is 5.35. The molecule has 0 fully saturated rings. The Bertz CT molecular complexity index is 958. The number of phenols is 1. The van der Waals surface area contributed by atoms with Crippen LogP contribution in [-0.2, 0) is 9.84 Å². The molecule has 2 rings (SSSR count). The van der Waals surface area contributed by atoms with Crippen LogP contribution in [0.5, 0.6) is 11.5 Å². The number of nitrogens with zero attached hydrogens (tertiary/aromatic N) is 1. The third-order valence-electron chi connectivity index (χ3n) is 3.38. The van der Waals surface area contributed by atoms with Crippen LogP contribution < -0.4 is 4.74 Å². The fourth-order valence-corrected chi connectivity index (χ4v) is 3.49. The lowest BCUT2D eigenvalue weighted by Gasteiger charge is -2.09. The molecule has 130 valence electrons. The average molecular weight is 378 g/mol. The number of phenolic OH excluding ortho intramolecular Hbond substituents is 1. The van der Waals surface area contributed by atoms with Crippen molar-refractivity contribution in [1.29, 1.82) is 5.26 Å². The van der Waals surface area contributed by atoms with Gasteiger partial charge in [0.2, 0.25) is 9.84 Å². The summed E-state index contributed by atoms with van der Waals surface area (Å²) in [6, 6.07) is 10.7. The fourth-order valence-electron chi connectivity index (χ4n) is 2.11. The van der Waals surface area contributed by atoms with Gasteiger partial charge in [-0.1, -0.05) is 29.3 Å². The van der Waals surface area contributed by atoms with Crippen LogP contribution in [0.25, 0.3) is 6.08 Å². The summed E-state index contributed by atoms with van der Waals surface area (Å²) in [6.45, 7) is 3.87. The summed E-state index contributed by atoms with van der Waals surface area (Å²) < 4.78 is 30.5. The van der Waals surface area contributed by atoms with Gasteiger partial charge in [0.15, 0.2) is 11.5 Å². The minimum atomic E-state index is -3.96. The molecule has 0 spiro atoms. The van der Waals surface area contributed by atoms with Gasteiger partial charge in [0.1, 0.15) is 11.0 Å². The van der Waals surface area contributed by atoms with Gasteiger partial charge in [-0.15, -0.1) is 0 Å². The van der Waals surface area contributed by atoms with Gasteiger partial charge in [0, 0.05) is 0 Å². The van der Waals surface area contributed by atoms with Crippen molar-refractivity contribution in [2.75, 3.05) is 6.61 Å². The summed E-state index contributed by atoms with van der Waals surface area (Å²) in [6.07, 6.45) is 1.20. The molecular formula is C18H16ClNO4S. The summed E-state index contributed by atoms with van der Waals surface area (Å²) in [5.41, 5.74) is 1.24. The number of aryl methyl sites for hydroxylation is 1. The first kappa shape index (κ1) is 18.8. The smallest absolute Gasteiger partial charge is 0.216 e. The molecule has 0 heterocycles. The van der Waals surface area contributed by atoms with E-state index in [1.165, 1.54) is 30.3 Å². The first-order valence-corrected chi connectivity index (χ1v) is 9.24. The average Bonchev–Trinajstić information content (AvgIpc) is 2.57. The Morgan fingerprint density at radius 2 is 1.96 bits per heavy atom. The molecule has 0 aliphatic carbocycles. The summed E-state index contributed by atoms with van der Waals surface area (Å²) >= 11 is 5.94. The van der Waals surface area contributed by atoms with Crippen molar-refractivity contribution in [1.82, 2.24) is 0 Å².